The van der Waals surface area contributed by atoms with E-state index in [1.165, 1.54) is 22.2 Å². The number of hydrogen-bond acceptors (Lipinski definition) is 25. The number of rotatable bonds is 13. The number of aromatic nitrogens is 15. The summed E-state index contributed by atoms with van der Waals surface area (Å²) in [6, 6.07) is 49.4. The first kappa shape index (κ1) is 92.5. The molecule has 736 valence electrons. The summed E-state index contributed by atoms with van der Waals surface area (Å²) in [6.07, 6.45) is 19.1. The molecule has 2 atom stereocenters. The molecule has 27 rings (SSSR count). The van der Waals surface area contributed by atoms with E-state index in [1.807, 2.05) is 233 Å². The van der Waals surface area contributed by atoms with E-state index in [0.717, 1.165) is 161 Å². The molecule has 22 heterocycles. The molecular weight excluding hydrogens is 1860 g/mol. The summed E-state index contributed by atoms with van der Waals surface area (Å²) in [5, 5.41) is 19.5. The Morgan fingerprint density at radius 2 is 0.628 bits per heavy atom. The number of β-amino-alcohol motifs (C(OH)–C–C–N with tert-alkyl or cyclic N) is 2. The van der Waals surface area contributed by atoms with Gasteiger partial charge in [-0.25, -0.2) is 63.0 Å². The van der Waals surface area contributed by atoms with Gasteiger partial charge in [0, 0.05) is 169 Å². The highest BCUT2D eigenvalue weighted by molar-refractivity contribution is 5.98. The summed E-state index contributed by atoms with van der Waals surface area (Å²) in [7, 11) is 1.86. The van der Waals surface area contributed by atoms with E-state index in [9.17, 15) is 47.4 Å². The molecule has 20 aromatic rings. The van der Waals surface area contributed by atoms with Gasteiger partial charge in [-0.1, -0.05) is 30.3 Å². The number of carbonyl (C=O) groups is 5. The van der Waals surface area contributed by atoms with E-state index >= 15 is 0 Å². The molecule has 0 aliphatic carbocycles. The molecule has 15 aromatic heterocycles. The SMILES string of the molecule is Cc1nc2cc(-c3ccc4ncc(C(=O)N(C)C5CCOCC5)n4c3)ccc2o1.Cc1nc2cc(-c3ccc4ncc(C(=O)N5CC(F)C5)n4c3)ccc2o1.Cc1nc2cc(-c3ccc4ncc(C(=O)N5CC(N6CC[C@@H](O)C6)C5)n4c3)ccc2o1.Cc1nc2cc(-c3ccc4ncc(C(=O)N5CC(N6CC[C@@H](O)C6)C5)n4c3)ccc2o1.Cc1nc2cc(-c3ccc4ncc(C(=O)N5CCC(F)(F)C5)n4c3)ccc2o1. The number of alkyl halides is 3. The van der Waals surface area contributed by atoms with Crippen LogP contribution in [0.1, 0.15) is 114 Å². The zero-order chi connectivity index (χ0) is 99.5. The van der Waals surface area contributed by atoms with Gasteiger partial charge in [0.15, 0.2) is 57.4 Å². The van der Waals surface area contributed by atoms with Crippen LogP contribution < -0.4 is 0 Å². The van der Waals surface area contributed by atoms with E-state index in [2.05, 4.69) is 59.6 Å². The highest BCUT2D eigenvalue weighted by Gasteiger charge is 2.44. The minimum Gasteiger partial charge on any atom is -0.441 e. The number of halogens is 3. The van der Waals surface area contributed by atoms with Crippen molar-refractivity contribution >= 4 is 113 Å². The zero-order valence-corrected chi connectivity index (χ0v) is 80.0. The maximum Gasteiger partial charge on any atom is 0.272 e. The maximum absolute atomic E-state index is 13.5. The van der Waals surface area contributed by atoms with Crippen LogP contribution in [-0.2, 0) is 4.74 Å². The Balaban J connectivity index is 0.000000100. The lowest BCUT2D eigenvalue weighted by Crippen LogP contribution is -2.60. The number of nitrogens with zero attached hydrogens (tertiary/aromatic N) is 22. The predicted octanol–water partition coefficient (Wildman–Crippen LogP) is 15.6. The van der Waals surface area contributed by atoms with Crippen molar-refractivity contribution < 1.29 is 74.2 Å². The van der Waals surface area contributed by atoms with Gasteiger partial charge in [-0.05, 0) is 203 Å². The van der Waals surface area contributed by atoms with Crippen LogP contribution in [0.3, 0.4) is 0 Å². The minimum absolute atomic E-state index is 0.0109. The fourth-order valence-corrected chi connectivity index (χ4v) is 20.1. The number of ether oxygens (including phenoxy) is 1. The fourth-order valence-electron chi connectivity index (χ4n) is 20.1. The minimum atomic E-state index is -2.83. The van der Waals surface area contributed by atoms with Crippen molar-refractivity contribution in [3.63, 3.8) is 0 Å². The van der Waals surface area contributed by atoms with Crippen LogP contribution >= 0.6 is 0 Å². The first-order valence-electron chi connectivity index (χ1n) is 48.3. The summed E-state index contributed by atoms with van der Waals surface area (Å²) >= 11 is 0. The van der Waals surface area contributed by atoms with Gasteiger partial charge in [0.25, 0.3) is 35.5 Å². The number of aliphatic hydroxyl groups is 2. The smallest absolute Gasteiger partial charge is 0.272 e. The number of fused-ring (bicyclic) bond motifs is 10. The molecule has 2 N–H and O–H groups in total. The molecule has 7 saturated heterocycles. The van der Waals surface area contributed by atoms with E-state index in [1.54, 1.807) is 46.6 Å². The molecule has 0 saturated carbocycles. The third-order valence-electron chi connectivity index (χ3n) is 28.1. The van der Waals surface area contributed by atoms with Crippen LogP contribution in [0.25, 0.3) is 139 Å². The second-order valence-corrected chi connectivity index (χ2v) is 38.0. The summed E-state index contributed by atoms with van der Waals surface area (Å²) in [6.45, 7) is 16.3. The number of amides is 5. The van der Waals surface area contributed by atoms with Crippen molar-refractivity contribution in [3.8, 4) is 55.6 Å². The third-order valence-corrected chi connectivity index (χ3v) is 28.1. The van der Waals surface area contributed by atoms with Gasteiger partial charge in [-0.2, -0.15) is 0 Å². The number of aliphatic hydroxyl groups excluding tert-OH is 2. The quantitative estimate of drug-likeness (QED) is 0.108. The number of hydrogen-bond donors (Lipinski definition) is 2. The van der Waals surface area contributed by atoms with Crippen LogP contribution in [0.2, 0.25) is 0 Å². The van der Waals surface area contributed by atoms with E-state index in [0.29, 0.717) is 134 Å². The van der Waals surface area contributed by atoms with Gasteiger partial charge < -0.3 is 61.5 Å². The molecule has 5 aromatic carbocycles. The lowest BCUT2D eigenvalue weighted by atomic mass is 10.1. The average molecular weight is 1960 g/mol. The van der Waals surface area contributed by atoms with Gasteiger partial charge in [0.2, 0.25) is 0 Å². The predicted molar refractivity (Wildman–Crippen MR) is 531 cm³/mol. The average Bonchev–Trinajstić information content (AvgIpc) is 1.63. The Kier molecular flexibility index (Phi) is 24.0. The molecule has 0 bridgehead atoms. The molecule has 7 fully saturated rings. The topological polar surface area (TPSA) is 374 Å². The van der Waals surface area contributed by atoms with Crippen LogP contribution in [0, 0.1) is 34.6 Å². The number of likely N-dealkylation sites (tertiary alicyclic amines) is 6. The van der Waals surface area contributed by atoms with E-state index in [-0.39, 0.29) is 73.6 Å². The number of benzene rings is 5. The Bertz CT molecular complexity index is 8250. The molecule has 7 aliphatic heterocycles. The van der Waals surface area contributed by atoms with Gasteiger partial charge in [0.05, 0.1) is 62.8 Å². The number of carbonyl (C=O) groups excluding carboxylic acids is 5. The van der Waals surface area contributed by atoms with Crippen molar-refractivity contribution in [1.29, 1.82) is 0 Å². The molecule has 5 amide bonds. The monoisotopic (exact) mass is 1960 g/mol. The summed E-state index contributed by atoms with van der Waals surface area (Å²) in [5.41, 5.74) is 23.2. The first-order chi connectivity index (χ1) is 70.2. The molecular formula is C107H99F3N22O13. The Morgan fingerprint density at radius 1 is 0.352 bits per heavy atom. The maximum atomic E-state index is 13.5. The molecule has 0 radical (unpaired) electrons. The molecule has 0 spiro atoms. The van der Waals surface area contributed by atoms with Gasteiger partial charge >= 0.3 is 0 Å². The number of oxazole rings is 5. The molecule has 0 unspecified atom stereocenters. The van der Waals surface area contributed by atoms with Crippen molar-refractivity contribution in [1.82, 2.24) is 106 Å². The van der Waals surface area contributed by atoms with Gasteiger partial charge in [0.1, 0.15) is 90.5 Å². The van der Waals surface area contributed by atoms with Crippen molar-refractivity contribution in [2.75, 3.05) is 98.8 Å². The van der Waals surface area contributed by atoms with Gasteiger partial charge in [-0.3, -0.25) is 55.8 Å². The largest absolute Gasteiger partial charge is 0.441 e. The third kappa shape index (κ3) is 18.4. The highest BCUT2D eigenvalue weighted by atomic mass is 19.3. The summed E-state index contributed by atoms with van der Waals surface area (Å²) in [4.78, 5) is 121. The summed E-state index contributed by atoms with van der Waals surface area (Å²) < 4.78 is 82.2. The molecule has 7 aliphatic rings. The Morgan fingerprint density at radius 3 is 0.903 bits per heavy atom. The Hall–Kier alpha value is -16.2. The second kappa shape index (κ2) is 37.6. The number of aryl methyl sites for hydroxylation is 5. The van der Waals surface area contributed by atoms with Crippen molar-refractivity contribution in [2.45, 2.75) is 109 Å². The standard InChI is InChI=1S/2C23H23N5O3.C22H22N4O3.C20H16F2N4O2.C19H15FN4O2/c2*1-14-25-19-8-15(2-4-21(19)31-14)16-3-5-22-24-9-20(28(22)10-16)23(30)27-11-17(12-27)26-7-6-18(29)13-26;1-14-24-18-11-15(3-5-20(18)29-14)16-4-6-21-23-12-19(26(21)13-16)22(27)25(2)17-7-9-28-10-8-17;1-12-24-15-8-13(2-4-17(15)28-12)14-3-5-18-23-9-16(26(18)10-14)19(27)25-7-6-20(21,22)11-25;1-11-22-15-6-12(2-4-17(15)26-11)13-3-5-18-21-7-16(24(18)8-13)19(25)23-9-14(20)10-23/h2*2-5,8-10,17-18,29H,6-7,11-13H2,1H3;3-6,11-13,17H,7-10H2,1-2H3;2-5,8-10H,6-7,11H2,1H3;2-8,14H,9-10H2,1H3/t2*18-;;;/m11.../s1. The lowest BCUT2D eigenvalue weighted by Gasteiger charge is -2.43. The van der Waals surface area contributed by atoms with Gasteiger partial charge in [-0.15, -0.1) is 0 Å². The van der Waals surface area contributed by atoms with Crippen LogP contribution in [0.15, 0.2) is 236 Å². The normalized spacial score (nSPS) is 17.5. The molecule has 38 heteroatoms. The highest BCUT2D eigenvalue weighted by Crippen LogP contribution is 2.37. The number of imidazole rings is 5. The second-order valence-electron chi connectivity index (χ2n) is 38.0. The molecule has 145 heavy (non-hydrogen) atoms. The molecule has 35 nitrogen and oxygen atoms in total. The number of pyridine rings is 5. The van der Waals surface area contributed by atoms with Crippen LogP contribution in [-0.4, -0.2) is 287 Å². The van der Waals surface area contributed by atoms with E-state index < -0.39 is 24.5 Å². The van der Waals surface area contributed by atoms with Crippen LogP contribution in [0.4, 0.5) is 13.2 Å². The van der Waals surface area contributed by atoms with Crippen LogP contribution in [0.5, 0.6) is 0 Å². The lowest BCUT2D eigenvalue weighted by molar-refractivity contribution is 0.0119. The first-order valence-corrected chi connectivity index (χ1v) is 48.3. The van der Waals surface area contributed by atoms with Crippen molar-refractivity contribution in [2.24, 2.45) is 0 Å². The Labute approximate surface area is 824 Å². The van der Waals surface area contributed by atoms with Crippen molar-refractivity contribution in [3.05, 3.63) is 272 Å². The zero-order valence-electron chi connectivity index (χ0n) is 80.0. The summed E-state index contributed by atoms with van der Waals surface area (Å²) in [5.74, 6) is -0.379. The van der Waals surface area contributed by atoms with E-state index in [4.69, 9.17) is 26.8 Å². The fraction of sp³-hybridized carbons (Fsp3) is 0.299.